The van der Waals surface area contributed by atoms with Crippen molar-refractivity contribution in [3.05, 3.63) is 83.9 Å². The Morgan fingerprint density at radius 1 is 0.815 bits per heavy atom. The van der Waals surface area contributed by atoms with Crippen molar-refractivity contribution in [2.75, 3.05) is 28.2 Å². The van der Waals surface area contributed by atoms with Gasteiger partial charge >= 0.3 is 0 Å². The summed E-state index contributed by atoms with van der Waals surface area (Å²) in [4.78, 5) is 12.4. The highest BCUT2D eigenvalue weighted by molar-refractivity contribution is 5.82. The van der Waals surface area contributed by atoms with Crippen LogP contribution in [-0.2, 0) is 17.9 Å². The van der Waals surface area contributed by atoms with E-state index >= 15 is 0 Å². The van der Waals surface area contributed by atoms with E-state index in [9.17, 15) is 9.90 Å². The van der Waals surface area contributed by atoms with Crippen LogP contribution in [0.15, 0.2) is 72.8 Å². The number of carboxylic acids is 1. The number of carbonyl (C=O) groups is 1. The van der Waals surface area contributed by atoms with Crippen LogP contribution in [-0.4, -0.2) is 34.2 Å². The molecular formula is C22H33ClN2O2. The van der Waals surface area contributed by atoms with Gasteiger partial charge in [-0.05, 0) is 12.5 Å². The molecule has 0 radical (unpaired) electrons. The van der Waals surface area contributed by atoms with Gasteiger partial charge in [0.2, 0.25) is 0 Å². The lowest BCUT2D eigenvalue weighted by atomic mass is 10.2. The molecule has 0 aliphatic rings. The minimum absolute atomic E-state index is 0. The summed E-state index contributed by atoms with van der Waals surface area (Å²) in [7, 11) is 8.64. The van der Waals surface area contributed by atoms with Gasteiger partial charge in [-0.1, -0.05) is 67.2 Å². The number of aliphatic carboxylic acids is 1. The van der Waals surface area contributed by atoms with E-state index < -0.39 is 5.97 Å². The molecule has 0 saturated carbocycles. The Bertz CT molecular complexity index is 572. The van der Waals surface area contributed by atoms with Crippen LogP contribution in [0.2, 0.25) is 0 Å². The maximum Gasteiger partial charge on any atom is 0.102 e. The van der Waals surface area contributed by atoms with Crippen molar-refractivity contribution < 1.29 is 32.1 Å². The Balaban J connectivity index is 0. The number of carbonyl (C=O) groups excluding carboxylic acids is 1. The van der Waals surface area contributed by atoms with Gasteiger partial charge in [-0.15, -0.1) is 0 Å². The topological polar surface area (TPSA) is 49.0 Å². The van der Waals surface area contributed by atoms with Crippen LogP contribution in [0.5, 0.6) is 0 Å². The summed E-state index contributed by atoms with van der Waals surface area (Å²) in [6.07, 6.45) is 0. The van der Waals surface area contributed by atoms with Crippen molar-refractivity contribution in [1.82, 2.24) is 0 Å². The minimum atomic E-state index is -1.19. The molecule has 150 valence electrons. The van der Waals surface area contributed by atoms with E-state index in [4.69, 9.17) is 0 Å². The molecule has 0 bridgehead atoms. The first-order valence-electron chi connectivity index (χ1n) is 8.75. The Morgan fingerprint density at radius 3 is 1.26 bits per heavy atom. The number of rotatable bonds is 5. The van der Waals surface area contributed by atoms with E-state index in [1.54, 1.807) is 0 Å². The van der Waals surface area contributed by atoms with Gasteiger partial charge in [-0.3, -0.25) is 0 Å². The SMILES string of the molecule is C=C(C)C(=O)[O-].C[NH+](C)Cc1ccccc1.C[NH+](C)Cc1ccccc1.[Cl-]. The van der Waals surface area contributed by atoms with Crippen LogP contribution in [0.25, 0.3) is 0 Å². The molecule has 2 aromatic rings. The van der Waals surface area contributed by atoms with Crippen LogP contribution in [0, 0.1) is 0 Å². The Kier molecular flexibility index (Phi) is 16.1. The first-order chi connectivity index (χ1) is 12.2. The van der Waals surface area contributed by atoms with Crippen molar-refractivity contribution in [3.63, 3.8) is 0 Å². The van der Waals surface area contributed by atoms with Gasteiger partial charge in [0.15, 0.2) is 0 Å². The molecule has 27 heavy (non-hydrogen) atoms. The van der Waals surface area contributed by atoms with Crippen molar-refractivity contribution in [1.29, 1.82) is 0 Å². The van der Waals surface area contributed by atoms with E-state index in [0.29, 0.717) is 0 Å². The molecule has 0 heterocycles. The molecule has 0 aliphatic heterocycles. The third-order valence-corrected chi connectivity index (χ3v) is 3.15. The van der Waals surface area contributed by atoms with E-state index in [-0.39, 0.29) is 18.0 Å². The third-order valence-electron chi connectivity index (χ3n) is 3.15. The van der Waals surface area contributed by atoms with Gasteiger partial charge < -0.3 is 32.1 Å². The molecule has 0 spiro atoms. The average molecular weight is 393 g/mol. The van der Waals surface area contributed by atoms with Crippen LogP contribution >= 0.6 is 0 Å². The molecule has 0 fully saturated rings. The zero-order valence-electron chi connectivity index (χ0n) is 17.1. The largest absolute Gasteiger partial charge is 1.00 e. The summed E-state index contributed by atoms with van der Waals surface area (Å²) in [5.74, 6) is -1.19. The molecule has 2 aromatic carbocycles. The lowest BCUT2D eigenvalue weighted by molar-refractivity contribution is -0.872. The number of nitrogens with one attached hydrogen (secondary N) is 2. The van der Waals surface area contributed by atoms with E-state index in [2.05, 4.69) is 95.4 Å². The van der Waals surface area contributed by atoms with Crippen molar-refractivity contribution >= 4 is 5.97 Å². The minimum Gasteiger partial charge on any atom is -1.00 e. The molecule has 0 aromatic heterocycles. The summed E-state index contributed by atoms with van der Waals surface area (Å²) in [5.41, 5.74) is 2.88. The number of carboxylic acid groups (broad SMARTS) is 1. The number of halogens is 1. The van der Waals surface area contributed by atoms with E-state index in [0.717, 1.165) is 13.1 Å². The van der Waals surface area contributed by atoms with Gasteiger partial charge in [0.1, 0.15) is 13.1 Å². The molecule has 5 heteroatoms. The standard InChI is InChI=1S/2C9H13N.C4H6O2.ClH/c2*1-10(2)8-9-6-4-3-5-7-9;1-3(2)4(5)6;/h2*3-7H,8H2,1-2H3;1H2,2H3,(H,5,6);1H. The van der Waals surface area contributed by atoms with Crippen molar-refractivity contribution in [2.45, 2.75) is 20.0 Å². The van der Waals surface area contributed by atoms with E-state index in [1.165, 1.54) is 27.9 Å². The maximum atomic E-state index is 9.49. The average Bonchev–Trinajstić information content (AvgIpc) is 2.56. The highest BCUT2D eigenvalue weighted by atomic mass is 35.5. The van der Waals surface area contributed by atoms with Crippen molar-refractivity contribution in [2.24, 2.45) is 0 Å². The van der Waals surface area contributed by atoms with Crippen LogP contribution in [0.1, 0.15) is 18.1 Å². The predicted molar refractivity (Wildman–Crippen MR) is 106 cm³/mol. The number of benzene rings is 2. The zero-order chi connectivity index (χ0) is 19.9. The van der Waals surface area contributed by atoms with Gasteiger partial charge in [-0.2, -0.15) is 0 Å². The molecule has 2 N–H and O–H groups in total. The highest BCUT2D eigenvalue weighted by Crippen LogP contribution is 1.95. The van der Waals surface area contributed by atoms with Crippen molar-refractivity contribution in [3.8, 4) is 0 Å². The number of hydrogen-bond acceptors (Lipinski definition) is 2. The molecule has 4 nitrogen and oxygen atoms in total. The second-order valence-electron chi connectivity index (χ2n) is 6.81. The fourth-order valence-electron chi connectivity index (χ4n) is 2.01. The summed E-state index contributed by atoms with van der Waals surface area (Å²) in [5, 5.41) is 9.49. The quantitative estimate of drug-likeness (QED) is 0.532. The zero-order valence-corrected chi connectivity index (χ0v) is 17.8. The summed E-state index contributed by atoms with van der Waals surface area (Å²) < 4.78 is 0. The van der Waals surface area contributed by atoms with Gasteiger partial charge in [0, 0.05) is 11.1 Å². The smallest absolute Gasteiger partial charge is 0.102 e. The van der Waals surface area contributed by atoms with Gasteiger partial charge in [0.05, 0.1) is 34.2 Å². The Labute approximate surface area is 170 Å². The Morgan fingerprint density at radius 2 is 1.07 bits per heavy atom. The normalized spacial score (nSPS) is 9.30. The second-order valence-corrected chi connectivity index (χ2v) is 6.81. The molecule has 0 unspecified atom stereocenters. The first-order valence-corrected chi connectivity index (χ1v) is 8.75. The summed E-state index contributed by atoms with van der Waals surface area (Å²) in [6.45, 7) is 6.70. The second kappa shape index (κ2) is 16.1. The molecule has 0 aliphatic carbocycles. The molecule has 2 rings (SSSR count). The highest BCUT2D eigenvalue weighted by Gasteiger charge is 1.94. The van der Waals surface area contributed by atoms with Gasteiger partial charge in [0.25, 0.3) is 0 Å². The van der Waals surface area contributed by atoms with E-state index in [1.807, 2.05) is 0 Å². The molecule has 0 saturated heterocycles. The third kappa shape index (κ3) is 17.0. The number of quaternary nitrogens is 2. The fraction of sp³-hybridized carbons (Fsp3) is 0.318. The lowest BCUT2D eigenvalue weighted by Gasteiger charge is -2.05. The summed E-state index contributed by atoms with van der Waals surface area (Å²) >= 11 is 0. The Hall–Kier alpha value is -2.14. The van der Waals surface area contributed by atoms with Gasteiger partial charge in [-0.25, -0.2) is 0 Å². The monoisotopic (exact) mass is 392 g/mol. The molecule has 0 amide bonds. The van der Waals surface area contributed by atoms with Crippen LogP contribution in [0.4, 0.5) is 0 Å². The first kappa shape index (κ1) is 27.1. The predicted octanol–water partition coefficient (Wildman–Crippen LogP) is -3.02. The molecule has 0 atom stereocenters. The van der Waals surface area contributed by atoms with Crippen LogP contribution < -0.4 is 27.3 Å². The maximum absolute atomic E-state index is 9.49. The molecular weight excluding hydrogens is 360 g/mol. The summed E-state index contributed by atoms with van der Waals surface area (Å²) in [6, 6.07) is 21.1. The fourth-order valence-corrected chi connectivity index (χ4v) is 2.01. The van der Waals surface area contributed by atoms with Crippen LogP contribution in [0.3, 0.4) is 0 Å². The number of hydrogen-bond donors (Lipinski definition) is 2. The lowest BCUT2D eigenvalue weighted by Crippen LogP contribution is -3.04.